The molecular weight excluding hydrogens is 369 g/mol. The molecule has 1 aromatic rings. The molecular formula is C17H15F7O2. The number of hydrogen-bond donors (Lipinski definition) is 1. The molecule has 3 rings (SSSR count). The maximum atomic E-state index is 14.2. The minimum absolute atomic E-state index is 0.125. The van der Waals surface area contributed by atoms with Crippen LogP contribution in [0, 0.1) is 11.8 Å². The molecule has 0 spiro atoms. The average molecular weight is 384 g/mol. The van der Waals surface area contributed by atoms with Gasteiger partial charge in [-0.05, 0) is 48.6 Å². The van der Waals surface area contributed by atoms with Crippen molar-refractivity contribution >= 4 is 5.97 Å². The summed E-state index contributed by atoms with van der Waals surface area (Å²) in [6.45, 7) is 0. The number of carboxylic acids is 1. The van der Waals surface area contributed by atoms with Crippen LogP contribution in [-0.2, 0) is 16.9 Å². The first-order chi connectivity index (χ1) is 11.9. The quantitative estimate of drug-likeness (QED) is 0.719. The Bertz CT molecular complexity index is 709. The molecule has 3 unspecified atom stereocenters. The molecule has 0 saturated heterocycles. The first-order valence-corrected chi connectivity index (χ1v) is 8.06. The van der Waals surface area contributed by atoms with Crippen LogP contribution in [-0.4, -0.2) is 23.4 Å². The van der Waals surface area contributed by atoms with Crippen molar-refractivity contribution in [3.05, 3.63) is 34.9 Å². The van der Waals surface area contributed by atoms with E-state index in [9.17, 15) is 40.6 Å². The number of rotatable bonds is 2. The topological polar surface area (TPSA) is 37.3 Å². The summed E-state index contributed by atoms with van der Waals surface area (Å²) in [5.41, 5.74) is -6.17. The van der Waals surface area contributed by atoms with Crippen LogP contribution >= 0.6 is 0 Å². The minimum Gasteiger partial charge on any atom is -0.481 e. The van der Waals surface area contributed by atoms with Gasteiger partial charge in [0.05, 0.1) is 5.92 Å². The Balaban J connectivity index is 2.02. The van der Waals surface area contributed by atoms with E-state index in [0.717, 1.165) is 6.07 Å². The number of benzene rings is 1. The third kappa shape index (κ3) is 2.66. The highest BCUT2D eigenvalue weighted by atomic mass is 19.4. The SMILES string of the molecule is O=C(O)C1CCC2c3ccc(C(F)(C(F)(F)F)C(F)(F)F)cc3CCC12. The predicted molar refractivity (Wildman–Crippen MR) is 76.2 cm³/mol. The third-order valence-electron chi connectivity index (χ3n) is 5.61. The van der Waals surface area contributed by atoms with Gasteiger partial charge in [-0.3, -0.25) is 4.79 Å². The van der Waals surface area contributed by atoms with Crippen LogP contribution in [0.5, 0.6) is 0 Å². The van der Waals surface area contributed by atoms with E-state index in [2.05, 4.69) is 0 Å². The fourth-order valence-electron chi connectivity index (χ4n) is 4.37. The summed E-state index contributed by atoms with van der Waals surface area (Å²) >= 11 is 0. The lowest BCUT2D eigenvalue weighted by Crippen LogP contribution is -2.50. The van der Waals surface area contributed by atoms with Gasteiger partial charge in [0.15, 0.2) is 0 Å². The van der Waals surface area contributed by atoms with Crippen LogP contribution in [0.4, 0.5) is 30.7 Å². The van der Waals surface area contributed by atoms with Crippen molar-refractivity contribution in [3.63, 3.8) is 0 Å². The van der Waals surface area contributed by atoms with Crippen LogP contribution in [0.3, 0.4) is 0 Å². The molecule has 0 bridgehead atoms. The van der Waals surface area contributed by atoms with Gasteiger partial charge in [0.25, 0.3) is 0 Å². The molecule has 1 aromatic carbocycles. The van der Waals surface area contributed by atoms with E-state index in [-0.39, 0.29) is 23.8 Å². The van der Waals surface area contributed by atoms with Crippen molar-refractivity contribution in [3.8, 4) is 0 Å². The number of carboxylic acid groups (broad SMARTS) is 1. The Hall–Kier alpha value is -1.80. The molecule has 2 aliphatic carbocycles. The molecule has 9 heteroatoms. The monoisotopic (exact) mass is 384 g/mol. The first-order valence-electron chi connectivity index (χ1n) is 8.06. The van der Waals surface area contributed by atoms with Gasteiger partial charge >= 0.3 is 24.0 Å². The van der Waals surface area contributed by atoms with Gasteiger partial charge < -0.3 is 5.11 Å². The number of aliphatic carboxylic acids is 1. The van der Waals surface area contributed by atoms with Crippen molar-refractivity contribution in [1.82, 2.24) is 0 Å². The van der Waals surface area contributed by atoms with Crippen molar-refractivity contribution in [2.24, 2.45) is 11.8 Å². The van der Waals surface area contributed by atoms with Gasteiger partial charge in [0.2, 0.25) is 0 Å². The highest BCUT2D eigenvalue weighted by Gasteiger charge is 2.73. The molecule has 144 valence electrons. The lowest BCUT2D eigenvalue weighted by Gasteiger charge is -2.34. The van der Waals surface area contributed by atoms with Crippen molar-refractivity contribution < 1.29 is 40.6 Å². The van der Waals surface area contributed by atoms with Gasteiger partial charge in [0, 0.05) is 5.56 Å². The zero-order chi connectivity index (χ0) is 19.5. The molecule has 2 aliphatic rings. The predicted octanol–water partition coefficient (Wildman–Crippen LogP) is 5.12. The van der Waals surface area contributed by atoms with Gasteiger partial charge in [-0.1, -0.05) is 18.2 Å². The summed E-state index contributed by atoms with van der Waals surface area (Å²) < 4.78 is 91.7. The average Bonchev–Trinajstić information content (AvgIpc) is 2.95. The maximum absolute atomic E-state index is 14.2. The molecule has 0 aromatic heterocycles. The van der Waals surface area contributed by atoms with E-state index in [0.29, 0.717) is 37.0 Å². The van der Waals surface area contributed by atoms with Crippen LogP contribution in [0.2, 0.25) is 0 Å². The first kappa shape index (κ1) is 19.0. The van der Waals surface area contributed by atoms with Crippen LogP contribution < -0.4 is 0 Å². The molecule has 1 saturated carbocycles. The molecule has 1 N–H and O–H groups in total. The third-order valence-corrected chi connectivity index (χ3v) is 5.61. The van der Waals surface area contributed by atoms with Gasteiger partial charge in [-0.25, -0.2) is 4.39 Å². The van der Waals surface area contributed by atoms with Crippen LogP contribution in [0.15, 0.2) is 18.2 Å². The molecule has 0 amide bonds. The maximum Gasteiger partial charge on any atom is 0.435 e. The second-order valence-electron chi connectivity index (χ2n) is 6.90. The molecule has 0 radical (unpaired) electrons. The summed E-state index contributed by atoms with van der Waals surface area (Å²) in [6.07, 6.45) is -10.9. The molecule has 0 aliphatic heterocycles. The minimum atomic E-state index is -6.14. The van der Waals surface area contributed by atoms with Crippen LogP contribution in [0.1, 0.15) is 41.9 Å². The Morgan fingerprint density at radius 2 is 1.58 bits per heavy atom. The normalized spacial score (nSPS) is 26.3. The standard InChI is InChI=1S/C17H15F7O2/c18-15(16(19,20)21,17(22,23)24)9-2-4-10-8(7-9)1-3-12-11(10)5-6-13(12)14(25)26/h2,4,7,11-13H,1,3,5-6H2,(H,25,26). The number of halogens is 7. The zero-order valence-electron chi connectivity index (χ0n) is 13.3. The van der Waals surface area contributed by atoms with Crippen molar-refractivity contribution in [2.45, 2.75) is 49.6 Å². The lowest BCUT2D eigenvalue weighted by molar-refractivity contribution is -0.348. The summed E-state index contributed by atoms with van der Waals surface area (Å²) in [6, 6.07) is 2.26. The zero-order valence-corrected chi connectivity index (χ0v) is 13.3. The van der Waals surface area contributed by atoms with Gasteiger partial charge in [0.1, 0.15) is 0 Å². The van der Waals surface area contributed by atoms with Gasteiger partial charge in [-0.2, -0.15) is 26.3 Å². The van der Waals surface area contributed by atoms with Crippen LogP contribution in [0.25, 0.3) is 0 Å². The Morgan fingerprint density at radius 3 is 2.12 bits per heavy atom. The van der Waals surface area contributed by atoms with Gasteiger partial charge in [-0.15, -0.1) is 0 Å². The fourth-order valence-corrected chi connectivity index (χ4v) is 4.37. The Labute approximate surface area is 144 Å². The summed E-state index contributed by atoms with van der Waals surface area (Å²) in [5.74, 6) is -1.96. The number of alkyl halides is 7. The van der Waals surface area contributed by atoms with E-state index in [1.54, 1.807) is 0 Å². The van der Waals surface area contributed by atoms with E-state index < -0.39 is 35.5 Å². The highest BCUT2D eigenvalue weighted by Crippen LogP contribution is 2.55. The Morgan fingerprint density at radius 1 is 0.962 bits per heavy atom. The number of carbonyl (C=O) groups is 1. The fraction of sp³-hybridized carbons (Fsp3) is 0.588. The van der Waals surface area contributed by atoms with E-state index in [1.165, 1.54) is 0 Å². The lowest BCUT2D eigenvalue weighted by atomic mass is 9.73. The van der Waals surface area contributed by atoms with E-state index in [1.807, 2.05) is 0 Å². The second kappa shape index (κ2) is 5.85. The molecule has 0 heterocycles. The second-order valence-corrected chi connectivity index (χ2v) is 6.90. The summed E-state index contributed by atoms with van der Waals surface area (Å²) in [7, 11) is 0. The highest BCUT2D eigenvalue weighted by molar-refractivity contribution is 5.71. The molecule has 26 heavy (non-hydrogen) atoms. The summed E-state index contributed by atoms with van der Waals surface area (Å²) in [4.78, 5) is 11.3. The summed E-state index contributed by atoms with van der Waals surface area (Å²) in [5, 5.41) is 9.23. The molecule has 1 fully saturated rings. The number of fused-ring (bicyclic) bond motifs is 3. The largest absolute Gasteiger partial charge is 0.481 e. The van der Waals surface area contributed by atoms with Crippen molar-refractivity contribution in [2.75, 3.05) is 0 Å². The number of hydrogen-bond acceptors (Lipinski definition) is 1. The van der Waals surface area contributed by atoms with Crippen molar-refractivity contribution in [1.29, 1.82) is 0 Å². The number of aryl methyl sites for hydroxylation is 1. The smallest absolute Gasteiger partial charge is 0.435 e. The van der Waals surface area contributed by atoms with E-state index in [4.69, 9.17) is 0 Å². The molecule has 2 nitrogen and oxygen atoms in total. The Kier molecular flexibility index (Phi) is 4.27. The molecule has 3 atom stereocenters. The van der Waals surface area contributed by atoms with E-state index >= 15 is 0 Å².